The zero-order chi connectivity index (χ0) is 18.7. The Morgan fingerprint density at radius 3 is 2.50 bits per heavy atom. The van der Waals surface area contributed by atoms with Gasteiger partial charge in [-0.1, -0.05) is 24.3 Å². The second kappa shape index (κ2) is 7.83. The zero-order valence-electron chi connectivity index (χ0n) is 14.7. The van der Waals surface area contributed by atoms with Gasteiger partial charge in [0.2, 0.25) is 0 Å². The number of amides is 1. The summed E-state index contributed by atoms with van der Waals surface area (Å²) in [7, 11) is 2.03. The summed E-state index contributed by atoms with van der Waals surface area (Å²) in [6.45, 7) is 1.28. The molecule has 2 aromatic rings. The third-order valence-electron chi connectivity index (χ3n) is 5.02. The Morgan fingerprint density at radius 2 is 1.88 bits per heavy atom. The molecular formula is C20H22F2N2O2. The quantitative estimate of drug-likeness (QED) is 0.847. The number of nitrogens with zero attached hydrogens (tertiary/aromatic N) is 2. The first-order chi connectivity index (χ1) is 12.5. The van der Waals surface area contributed by atoms with E-state index in [-0.39, 0.29) is 17.7 Å². The van der Waals surface area contributed by atoms with Crippen LogP contribution in [0.5, 0.6) is 0 Å². The number of carbonyl (C=O) groups is 1. The van der Waals surface area contributed by atoms with Gasteiger partial charge in [0.1, 0.15) is 11.6 Å². The molecule has 0 aromatic heterocycles. The Hall–Kier alpha value is -2.47. The van der Waals surface area contributed by atoms with Crippen LogP contribution in [0.4, 0.5) is 19.3 Å². The molecule has 3 rings (SSSR count). The molecule has 6 heteroatoms. The van der Waals surface area contributed by atoms with Gasteiger partial charge >= 0.3 is 6.09 Å². The zero-order valence-corrected chi connectivity index (χ0v) is 14.7. The molecule has 1 atom stereocenters. The highest BCUT2D eigenvalue weighted by Gasteiger charge is 2.25. The SMILES string of the molecule is CN1CCCC1CCN(C(=O)O)c1ccccc1-c1c(F)cccc1F. The molecule has 1 saturated heterocycles. The van der Waals surface area contributed by atoms with Crippen LogP contribution in [-0.4, -0.2) is 42.3 Å². The van der Waals surface area contributed by atoms with Crippen molar-refractivity contribution in [3.05, 3.63) is 54.1 Å². The molecule has 1 N–H and O–H groups in total. The summed E-state index contributed by atoms with van der Waals surface area (Å²) in [4.78, 5) is 15.3. The molecule has 1 aliphatic heterocycles. The van der Waals surface area contributed by atoms with Crippen molar-refractivity contribution in [2.45, 2.75) is 25.3 Å². The van der Waals surface area contributed by atoms with Gasteiger partial charge in [-0.3, -0.25) is 4.90 Å². The third kappa shape index (κ3) is 3.70. The number of benzene rings is 2. The Kier molecular flexibility index (Phi) is 5.52. The van der Waals surface area contributed by atoms with Crippen LogP contribution in [0.1, 0.15) is 19.3 Å². The summed E-state index contributed by atoms with van der Waals surface area (Å²) in [6.07, 6.45) is 1.69. The topological polar surface area (TPSA) is 43.8 Å². The maximum Gasteiger partial charge on any atom is 0.411 e. The first-order valence-corrected chi connectivity index (χ1v) is 8.73. The van der Waals surface area contributed by atoms with Crippen LogP contribution in [0.2, 0.25) is 0 Å². The molecule has 1 aliphatic rings. The van der Waals surface area contributed by atoms with E-state index in [1.54, 1.807) is 24.3 Å². The van der Waals surface area contributed by atoms with E-state index in [0.29, 0.717) is 18.2 Å². The number of hydrogen-bond acceptors (Lipinski definition) is 2. The van der Waals surface area contributed by atoms with Gasteiger partial charge in [-0.05, 0) is 51.1 Å². The number of anilines is 1. The fraction of sp³-hybridized carbons (Fsp3) is 0.350. The predicted octanol–water partition coefficient (Wildman–Crippen LogP) is 4.60. The lowest BCUT2D eigenvalue weighted by Gasteiger charge is -2.26. The van der Waals surface area contributed by atoms with E-state index in [1.165, 1.54) is 23.1 Å². The van der Waals surface area contributed by atoms with Crippen molar-refractivity contribution in [3.8, 4) is 11.1 Å². The van der Waals surface area contributed by atoms with Gasteiger partial charge in [-0.25, -0.2) is 13.6 Å². The van der Waals surface area contributed by atoms with Crippen LogP contribution < -0.4 is 4.90 Å². The lowest BCUT2D eigenvalue weighted by atomic mass is 10.0. The summed E-state index contributed by atoms with van der Waals surface area (Å²) in [6, 6.07) is 10.4. The van der Waals surface area contributed by atoms with Crippen molar-refractivity contribution in [2.24, 2.45) is 0 Å². The standard InChI is InChI=1S/C20H22F2N2O2/c1-23-12-5-6-14(23)11-13-24(20(25)26)18-10-3-2-7-15(18)19-16(21)8-4-9-17(19)22/h2-4,7-10,14H,5-6,11-13H2,1H3,(H,25,26). The minimum Gasteiger partial charge on any atom is -0.465 e. The van der Waals surface area contributed by atoms with Crippen molar-refractivity contribution in [1.29, 1.82) is 0 Å². The Bertz CT molecular complexity index is 777. The number of rotatable bonds is 5. The molecule has 1 heterocycles. The minimum atomic E-state index is -1.13. The van der Waals surface area contributed by atoms with Gasteiger partial charge < -0.3 is 10.0 Å². The van der Waals surface area contributed by atoms with Crippen molar-refractivity contribution in [3.63, 3.8) is 0 Å². The van der Waals surface area contributed by atoms with Gasteiger partial charge in [0.25, 0.3) is 0 Å². The van der Waals surface area contributed by atoms with Crippen LogP contribution in [0.3, 0.4) is 0 Å². The number of carboxylic acid groups (broad SMARTS) is 1. The lowest BCUT2D eigenvalue weighted by molar-refractivity contribution is 0.200. The Labute approximate surface area is 151 Å². The van der Waals surface area contributed by atoms with Crippen molar-refractivity contribution >= 4 is 11.8 Å². The number of likely N-dealkylation sites (tertiary alicyclic amines) is 1. The maximum absolute atomic E-state index is 14.3. The molecule has 0 saturated carbocycles. The predicted molar refractivity (Wildman–Crippen MR) is 97.4 cm³/mol. The molecule has 1 amide bonds. The molecule has 0 aliphatic carbocycles. The summed E-state index contributed by atoms with van der Waals surface area (Å²) in [5.74, 6) is -1.42. The molecule has 0 radical (unpaired) electrons. The molecule has 2 aromatic carbocycles. The first kappa shape index (κ1) is 18.3. The monoisotopic (exact) mass is 360 g/mol. The summed E-state index contributed by atoms with van der Waals surface area (Å²) in [5.41, 5.74) is 0.335. The van der Waals surface area contributed by atoms with Gasteiger partial charge in [0.15, 0.2) is 0 Å². The second-order valence-corrected chi connectivity index (χ2v) is 6.61. The van der Waals surface area contributed by atoms with Crippen LogP contribution in [0.25, 0.3) is 11.1 Å². The van der Waals surface area contributed by atoms with Gasteiger partial charge in [-0.15, -0.1) is 0 Å². The van der Waals surface area contributed by atoms with Crippen LogP contribution in [-0.2, 0) is 0 Å². The fourth-order valence-electron chi connectivity index (χ4n) is 3.62. The average molecular weight is 360 g/mol. The van der Waals surface area contributed by atoms with E-state index >= 15 is 0 Å². The normalized spacial score (nSPS) is 17.4. The maximum atomic E-state index is 14.3. The third-order valence-corrected chi connectivity index (χ3v) is 5.02. The number of hydrogen-bond donors (Lipinski definition) is 1. The molecule has 0 spiro atoms. The van der Waals surface area contributed by atoms with E-state index in [0.717, 1.165) is 19.4 Å². The molecule has 138 valence electrons. The highest BCUT2D eigenvalue weighted by Crippen LogP contribution is 2.35. The number of para-hydroxylation sites is 1. The smallest absolute Gasteiger partial charge is 0.411 e. The van der Waals surface area contributed by atoms with Crippen molar-refractivity contribution in [2.75, 3.05) is 25.0 Å². The average Bonchev–Trinajstić information content (AvgIpc) is 3.01. The van der Waals surface area contributed by atoms with E-state index < -0.39 is 17.7 Å². The summed E-state index contributed by atoms with van der Waals surface area (Å²) in [5, 5.41) is 9.70. The highest BCUT2D eigenvalue weighted by molar-refractivity contribution is 5.93. The van der Waals surface area contributed by atoms with E-state index in [9.17, 15) is 18.7 Å². The van der Waals surface area contributed by atoms with Gasteiger partial charge in [0.05, 0.1) is 11.3 Å². The molecule has 26 heavy (non-hydrogen) atoms. The highest BCUT2D eigenvalue weighted by atomic mass is 19.1. The van der Waals surface area contributed by atoms with Crippen LogP contribution in [0, 0.1) is 11.6 Å². The molecule has 0 bridgehead atoms. The first-order valence-electron chi connectivity index (χ1n) is 8.73. The Morgan fingerprint density at radius 1 is 1.19 bits per heavy atom. The number of halogens is 2. The Balaban J connectivity index is 1.94. The van der Waals surface area contributed by atoms with Crippen molar-refractivity contribution < 1.29 is 18.7 Å². The lowest BCUT2D eigenvalue weighted by Crippen LogP contribution is -2.35. The minimum absolute atomic E-state index is 0.202. The molecular weight excluding hydrogens is 338 g/mol. The largest absolute Gasteiger partial charge is 0.465 e. The summed E-state index contributed by atoms with van der Waals surface area (Å²) >= 11 is 0. The second-order valence-electron chi connectivity index (χ2n) is 6.61. The van der Waals surface area contributed by atoms with E-state index in [2.05, 4.69) is 4.90 Å². The molecule has 1 fully saturated rings. The van der Waals surface area contributed by atoms with E-state index in [1.807, 2.05) is 7.05 Å². The van der Waals surface area contributed by atoms with Crippen LogP contribution in [0.15, 0.2) is 42.5 Å². The van der Waals surface area contributed by atoms with Crippen molar-refractivity contribution in [1.82, 2.24) is 4.90 Å². The summed E-state index contributed by atoms with van der Waals surface area (Å²) < 4.78 is 28.5. The van der Waals surface area contributed by atoms with Gasteiger partial charge in [-0.2, -0.15) is 0 Å². The fourth-order valence-corrected chi connectivity index (χ4v) is 3.62. The van der Waals surface area contributed by atoms with E-state index in [4.69, 9.17) is 0 Å². The molecule has 1 unspecified atom stereocenters. The van der Waals surface area contributed by atoms with Crippen LogP contribution >= 0.6 is 0 Å². The molecule has 4 nitrogen and oxygen atoms in total. The van der Waals surface area contributed by atoms with Gasteiger partial charge in [0, 0.05) is 18.2 Å².